The maximum atomic E-state index is 12.6. The second-order valence-corrected chi connectivity index (χ2v) is 9.26. The first kappa shape index (κ1) is 26.7. The maximum Gasteiger partial charge on any atom is 0.407 e. The number of ether oxygens (including phenoxy) is 1. The molecule has 0 aliphatic heterocycles. The summed E-state index contributed by atoms with van der Waals surface area (Å²) in [6, 6.07) is 26.3. The van der Waals surface area contributed by atoms with Crippen LogP contribution >= 0.6 is 0 Å². The Morgan fingerprint density at radius 1 is 0.789 bits per heavy atom. The first-order valence-corrected chi connectivity index (χ1v) is 12.9. The highest BCUT2D eigenvalue weighted by Crippen LogP contribution is 2.29. The van der Waals surface area contributed by atoms with Crippen LogP contribution < -0.4 is 10.6 Å². The van der Waals surface area contributed by atoms with Gasteiger partial charge in [-0.15, -0.1) is 0 Å². The Labute approximate surface area is 221 Å². The SMILES string of the molecule is O=C(CCCCCNC(=O)OCc1ccccc1)N[C@@H](Cc1c2ccccc2cc2ccccc12)C(=O)O. The van der Waals surface area contributed by atoms with Crippen molar-refractivity contribution in [2.24, 2.45) is 0 Å². The lowest BCUT2D eigenvalue weighted by Gasteiger charge is -2.18. The Morgan fingerprint density at radius 3 is 2.08 bits per heavy atom. The standard InChI is InChI=1S/C31H32N2O5/c34-29(17-5-2-10-18-32-31(37)38-21-22-11-3-1-4-12-22)33-28(30(35)36)20-27-25-15-8-6-13-23(25)19-24-14-7-9-16-26(24)27/h1,3-4,6-9,11-16,19,28H,2,5,10,17-18,20-21H2,(H,32,37)(H,33,34)(H,35,36)/t28-/m0/s1. The molecule has 0 heterocycles. The normalized spacial score (nSPS) is 11.7. The number of hydrogen-bond acceptors (Lipinski definition) is 4. The second-order valence-electron chi connectivity index (χ2n) is 9.26. The Hall–Kier alpha value is -4.39. The van der Waals surface area contributed by atoms with Crippen LogP contribution in [0.15, 0.2) is 84.9 Å². The van der Waals surface area contributed by atoms with E-state index < -0.39 is 18.1 Å². The van der Waals surface area contributed by atoms with Gasteiger partial charge in [-0.2, -0.15) is 0 Å². The molecule has 0 aromatic heterocycles. The van der Waals surface area contributed by atoms with Crippen molar-refractivity contribution in [3.05, 3.63) is 96.1 Å². The zero-order valence-electron chi connectivity index (χ0n) is 21.2. The van der Waals surface area contributed by atoms with Crippen molar-refractivity contribution in [3.63, 3.8) is 0 Å². The number of carbonyl (C=O) groups is 3. The van der Waals surface area contributed by atoms with Crippen LogP contribution in [0.1, 0.15) is 36.8 Å². The molecule has 196 valence electrons. The monoisotopic (exact) mass is 512 g/mol. The third-order valence-corrected chi connectivity index (χ3v) is 6.49. The van der Waals surface area contributed by atoms with E-state index in [2.05, 4.69) is 16.7 Å². The number of rotatable bonds is 12. The van der Waals surface area contributed by atoms with Crippen molar-refractivity contribution in [3.8, 4) is 0 Å². The predicted molar refractivity (Wildman–Crippen MR) is 148 cm³/mol. The number of carbonyl (C=O) groups excluding carboxylic acids is 2. The van der Waals surface area contributed by atoms with Gasteiger partial charge in [-0.25, -0.2) is 9.59 Å². The number of nitrogens with one attached hydrogen (secondary N) is 2. The van der Waals surface area contributed by atoms with E-state index in [1.54, 1.807) is 0 Å². The zero-order chi connectivity index (χ0) is 26.7. The molecule has 0 radical (unpaired) electrons. The zero-order valence-corrected chi connectivity index (χ0v) is 21.2. The number of carboxylic acids is 1. The topological polar surface area (TPSA) is 105 Å². The lowest BCUT2D eigenvalue weighted by atomic mass is 9.92. The molecule has 0 aliphatic rings. The largest absolute Gasteiger partial charge is 0.480 e. The molecule has 38 heavy (non-hydrogen) atoms. The molecule has 0 saturated carbocycles. The average molecular weight is 513 g/mol. The van der Waals surface area contributed by atoms with Gasteiger partial charge in [0.25, 0.3) is 0 Å². The fourth-order valence-electron chi connectivity index (χ4n) is 4.55. The van der Waals surface area contributed by atoms with Gasteiger partial charge >= 0.3 is 12.1 Å². The van der Waals surface area contributed by atoms with Gasteiger partial charge in [-0.3, -0.25) is 4.79 Å². The summed E-state index contributed by atoms with van der Waals surface area (Å²) in [4.78, 5) is 36.4. The van der Waals surface area contributed by atoms with E-state index in [1.807, 2.05) is 78.9 Å². The van der Waals surface area contributed by atoms with Crippen molar-refractivity contribution in [1.82, 2.24) is 10.6 Å². The van der Waals surface area contributed by atoms with Gasteiger partial charge in [0.15, 0.2) is 0 Å². The van der Waals surface area contributed by atoms with Gasteiger partial charge in [-0.05, 0) is 51.6 Å². The Bertz CT molecular complexity index is 1350. The van der Waals surface area contributed by atoms with E-state index in [0.29, 0.717) is 19.4 Å². The molecule has 4 rings (SSSR count). The fourth-order valence-corrected chi connectivity index (χ4v) is 4.55. The summed E-state index contributed by atoms with van der Waals surface area (Å²) in [6.45, 7) is 0.660. The summed E-state index contributed by atoms with van der Waals surface area (Å²) in [5, 5.41) is 19.3. The lowest BCUT2D eigenvalue weighted by Crippen LogP contribution is -2.42. The number of carboxylic acid groups (broad SMARTS) is 1. The fraction of sp³-hybridized carbons (Fsp3) is 0.258. The van der Waals surface area contributed by atoms with E-state index in [-0.39, 0.29) is 25.4 Å². The molecule has 2 amide bonds. The quantitative estimate of drug-likeness (QED) is 0.170. The van der Waals surface area contributed by atoms with Crippen LogP contribution in [0.5, 0.6) is 0 Å². The van der Waals surface area contributed by atoms with E-state index in [9.17, 15) is 19.5 Å². The Morgan fingerprint density at radius 2 is 1.42 bits per heavy atom. The van der Waals surface area contributed by atoms with Crippen LogP contribution in [0.3, 0.4) is 0 Å². The van der Waals surface area contributed by atoms with E-state index >= 15 is 0 Å². The molecule has 0 bridgehead atoms. The third-order valence-electron chi connectivity index (χ3n) is 6.49. The summed E-state index contributed by atoms with van der Waals surface area (Å²) < 4.78 is 5.17. The van der Waals surface area contributed by atoms with Crippen LogP contribution in [0, 0.1) is 0 Å². The van der Waals surface area contributed by atoms with Crippen LogP contribution in [-0.2, 0) is 27.4 Å². The molecule has 0 unspecified atom stereocenters. The molecule has 7 nitrogen and oxygen atoms in total. The van der Waals surface area contributed by atoms with Gasteiger partial charge < -0.3 is 20.5 Å². The number of fused-ring (bicyclic) bond motifs is 2. The lowest BCUT2D eigenvalue weighted by molar-refractivity contribution is -0.141. The van der Waals surface area contributed by atoms with Gasteiger partial charge in [0, 0.05) is 19.4 Å². The Balaban J connectivity index is 1.24. The molecule has 3 N–H and O–H groups in total. The minimum atomic E-state index is -1.06. The van der Waals surface area contributed by atoms with Crippen LogP contribution in [-0.4, -0.2) is 35.7 Å². The summed E-state index contributed by atoms with van der Waals surface area (Å²) in [7, 11) is 0. The van der Waals surface area contributed by atoms with Crippen molar-refractivity contribution >= 4 is 39.5 Å². The average Bonchev–Trinajstić information content (AvgIpc) is 2.93. The highest BCUT2D eigenvalue weighted by atomic mass is 16.5. The molecular weight excluding hydrogens is 480 g/mol. The Kier molecular flexibility index (Phi) is 9.29. The molecule has 0 spiro atoms. The van der Waals surface area contributed by atoms with Gasteiger partial charge in [-0.1, -0.05) is 85.3 Å². The number of benzene rings is 4. The smallest absolute Gasteiger partial charge is 0.407 e. The van der Waals surface area contributed by atoms with Crippen molar-refractivity contribution in [2.45, 2.75) is 44.8 Å². The van der Waals surface area contributed by atoms with E-state index in [4.69, 9.17) is 4.74 Å². The van der Waals surface area contributed by atoms with E-state index in [1.165, 1.54) is 0 Å². The molecule has 0 saturated heterocycles. The van der Waals surface area contributed by atoms with Crippen LogP contribution in [0.2, 0.25) is 0 Å². The number of alkyl carbamates (subject to hydrolysis) is 1. The number of unbranched alkanes of at least 4 members (excludes halogenated alkanes) is 2. The molecule has 4 aromatic carbocycles. The second kappa shape index (κ2) is 13.2. The third kappa shape index (κ3) is 7.32. The molecule has 0 fully saturated rings. The molecule has 7 heteroatoms. The van der Waals surface area contributed by atoms with Crippen molar-refractivity contribution in [2.75, 3.05) is 6.54 Å². The molecule has 0 aliphatic carbocycles. The van der Waals surface area contributed by atoms with Gasteiger partial charge in [0.05, 0.1) is 0 Å². The highest BCUT2D eigenvalue weighted by molar-refractivity contribution is 6.02. The predicted octanol–water partition coefficient (Wildman–Crippen LogP) is 5.59. The molecule has 4 aromatic rings. The molecule has 1 atom stereocenters. The summed E-state index contributed by atoms with van der Waals surface area (Å²) >= 11 is 0. The van der Waals surface area contributed by atoms with Gasteiger partial charge in [0.2, 0.25) is 5.91 Å². The number of amides is 2. The number of hydrogen-bond donors (Lipinski definition) is 3. The first-order chi connectivity index (χ1) is 18.5. The minimum Gasteiger partial charge on any atom is -0.480 e. The van der Waals surface area contributed by atoms with Crippen LogP contribution in [0.4, 0.5) is 4.79 Å². The van der Waals surface area contributed by atoms with Crippen LogP contribution in [0.25, 0.3) is 21.5 Å². The molecular formula is C31H32N2O5. The van der Waals surface area contributed by atoms with E-state index in [0.717, 1.165) is 39.1 Å². The summed E-state index contributed by atoms with van der Waals surface area (Å²) in [5.41, 5.74) is 1.83. The summed E-state index contributed by atoms with van der Waals surface area (Å²) in [6.07, 6.45) is 1.94. The summed E-state index contributed by atoms with van der Waals surface area (Å²) in [5.74, 6) is -1.36. The van der Waals surface area contributed by atoms with Crippen molar-refractivity contribution in [1.29, 1.82) is 0 Å². The van der Waals surface area contributed by atoms with Gasteiger partial charge in [0.1, 0.15) is 12.6 Å². The van der Waals surface area contributed by atoms with Crippen molar-refractivity contribution < 1.29 is 24.2 Å². The highest BCUT2D eigenvalue weighted by Gasteiger charge is 2.22. The first-order valence-electron chi connectivity index (χ1n) is 12.9. The minimum absolute atomic E-state index is 0.192. The maximum absolute atomic E-state index is 12.6. The number of aliphatic carboxylic acids is 1.